The summed E-state index contributed by atoms with van der Waals surface area (Å²) in [5.41, 5.74) is 2.22. The zero-order valence-electron chi connectivity index (χ0n) is 12.9. The molecule has 5 heteroatoms. The minimum atomic E-state index is 0.110. The molecule has 0 aliphatic heterocycles. The Bertz CT molecular complexity index is 601. The lowest BCUT2D eigenvalue weighted by Crippen LogP contribution is -2.22. The molecule has 1 aromatic carbocycles. The Kier molecular flexibility index (Phi) is 5.36. The second kappa shape index (κ2) is 7.24. The highest BCUT2D eigenvalue weighted by Crippen LogP contribution is 2.31. The molecule has 2 aromatic rings. The van der Waals surface area contributed by atoms with Crippen LogP contribution in [0.15, 0.2) is 24.4 Å². The van der Waals surface area contributed by atoms with Gasteiger partial charge in [-0.1, -0.05) is 18.2 Å². The minimum Gasteiger partial charge on any atom is -0.395 e. The zero-order valence-corrected chi connectivity index (χ0v) is 12.9. The van der Waals surface area contributed by atoms with Crippen LogP contribution < -0.4 is 10.2 Å². The number of rotatable bonds is 7. The van der Waals surface area contributed by atoms with E-state index in [-0.39, 0.29) is 6.61 Å². The topological polar surface area (TPSA) is 57.6 Å². The summed E-state index contributed by atoms with van der Waals surface area (Å²) in [6.45, 7) is 4.17. The van der Waals surface area contributed by atoms with E-state index in [4.69, 9.17) is 9.84 Å². The van der Waals surface area contributed by atoms with Crippen LogP contribution in [0.3, 0.4) is 0 Å². The summed E-state index contributed by atoms with van der Waals surface area (Å²) in [7, 11) is 3.63. The predicted octanol–water partition coefficient (Wildman–Crippen LogP) is 2.03. The summed E-state index contributed by atoms with van der Waals surface area (Å²) in [5, 5.41) is 14.8. The van der Waals surface area contributed by atoms with Gasteiger partial charge in [0.15, 0.2) is 0 Å². The molecule has 21 heavy (non-hydrogen) atoms. The van der Waals surface area contributed by atoms with E-state index >= 15 is 0 Å². The maximum atomic E-state index is 9.13. The summed E-state index contributed by atoms with van der Waals surface area (Å²) in [4.78, 5) is 6.53. The number of aliphatic hydroxyl groups is 1. The molecule has 0 saturated carbocycles. The van der Waals surface area contributed by atoms with Crippen molar-refractivity contribution in [1.82, 2.24) is 4.98 Å². The van der Waals surface area contributed by atoms with Crippen molar-refractivity contribution in [3.05, 3.63) is 30.0 Å². The second-order valence-electron chi connectivity index (χ2n) is 5.06. The second-order valence-corrected chi connectivity index (χ2v) is 5.06. The van der Waals surface area contributed by atoms with Crippen LogP contribution in [0.1, 0.15) is 5.56 Å². The first kappa shape index (κ1) is 15.5. The number of aliphatic hydroxyl groups excluding tert-OH is 1. The first-order valence-electron chi connectivity index (χ1n) is 7.12. The fourth-order valence-electron chi connectivity index (χ4n) is 2.45. The van der Waals surface area contributed by atoms with Crippen LogP contribution in [-0.2, 0) is 4.74 Å². The van der Waals surface area contributed by atoms with Crippen molar-refractivity contribution in [3.63, 3.8) is 0 Å². The lowest BCUT2D eigenvalue weighted by Gasteiger charge is -2.21. The van der Waals surface area contributed by atoms with Gasteiger partial charge in [0.05, 0.1) is 25.1 Å². The number of hydrogen-bond donors (Lipinski definition) is 2. The Morgan fingerprint density at radius 2 is 2.19 bits per heavy atom. The lowest BCUT2D eigenvalue weighted by molar-refractivity contribution is 0.211. The van der Waals surface area contributed by atoms with Gasteiger partial charge in [-0.15, -0.1) is 0 Å². The number of nitrogens with one attached hydrogen (secondary N) is 1. The standard InChI is InChI=1S/C16H23N3O2/c1-12-5-4-6-13-15(12)14(17-7-10-21-3)11-18-16(13)19(2)8-9-20/h4-6,11,17,20H,7-10H2,1-3H3. The average Bonchev–Trinajstić information content (AvgIpc) is 2.48. The molecule has 0 bridgehead atoms. The normalized spacial score (nSPS) is 10.9. The van der Waals surface area contributed by atoms with E-state index in [0.29, 0.717) is 13.2 Å². The SMILES string of the molecule is COCCNc1cnc(N(C)CCO)c2cccc(C)c12. The molecule has 2 N–H and O–H groups in total. The molecule has 0 fully saturated rings. The Morgan fingerprint density at radius 1 is 1.38 bits per heavy atom. The van der Waals surface area contributed by atoms with Gasteiger partial charge in [-0.2, -0.15) is 0 Å². The largest absolute Gasteiger partial charge is 0.395 e. The van der Waals surface area contributed by atoms with E-state index in [2.05, 4.69) is 29.4 Å². The molecular formula is C16H23N3O2. The van der Waals surface area contributed by atoms with Crippen molar-refractivity contribution < 1.29 is 9.84 Å². The van der Waals surface area contributed by atoms with E-state index in [1.807, 2.05) is 24.2 Å². The molecule has 2 rings (SSSR count). The Balaban J connectivity index is 2.46. The highest BCUT2D eigenvalue weighted by atomic mass is 16.5. The van der Waals surface area contributed by atoms with Gasteiger partial charge in [-0.3, -0.25) is 0 Å². The third-order valence-electron chi connectivity index (χ3n) is 3.52. The average molecular weight is 289 g/mol. The fourth-order valence-corrected chi connectivity index (χ4v) is 2.45. The third-order valence-corrected chi connectivity index (χ3v) is 3.52. The van der Waals surface area contributed by atoms with E-state index in [9.17, 15) is 0 Å². The number of pyridine rings is 1. The minimum absolute atomic E-state index is 0.110. The van der Waals surface area contributed by atoms with Gasteiger partial charge in [0.2, 0.25) is 0 Å². The first-order chi connectivity index (χ1) is 10.2. The number of likely N-dealkylation sites (N-methyl/N-ethyl adjacent to an activating group) is 1. The highest BCUT2D eigenvalue weighted by molar-refractivity contribution is 6.02. The Hall–Kier alpha value is -1.85. The molecule has 0 unspecified atom stereocenters. The van der Waals surface area contributed by atoms with Gasteiger partial charge < -0.3 is 20.1 Å². The number of hydrogen-bond acceptors (Lipinski definition) is 5. The molecule has 1 aromatic heterocycles. The molecule has 0 aliphatic carbocycles. The van der Waals surface area contributed by atoms with Crippen LogP contribution >= 0.6 is 0 Å². The van der Waals surface area contributed by atoms with Crippen molar-refractivity contribution in [2.24, 2.45) is 0 Å². The van der Waals surface area contributed by atoms with Crippen molar-refractivity contribution in [2.45, 2.75) is 6.92 Å². The monoisotopic (exact) mass is 289 g/mol. The van der Waals surface area contributed by atoms with E-state index in [1.165, 1.54) is 10.9 Å². The van der Waals surface area contributed by atoms with Crippen molar-refractivity contribution in [2.75, 3.05) is 50.7 Å². The number of methoxy groups -OCH3 is 1. The van der Waals surface area contributed by atoms with Crippen LogP contribution in [0.5, 0.6) is 0 Å². The number of nitrogens with zero attached hydrogens (tertiary/aromatic N) is 2. The molecule has 0 atom stereocenters. The molecule has 0 radical (unpaired) electrons. The van der Waals surface area contributed by atoms with Crippen molar-refractivity contribution in [3.8, 4) is 0 Å². The number of benzene rings is 1. The van der Waals surface area contributed by atoms with Crippen LogP contribution in [0.25, 0.3) is 10.8 Å². The molecule has 5 nitrogen and oxygen atoms in total. The van der Waals surface area contributed by atoms with Crippen LogP contribution in [-0.4, -0.2) is 50.6 Å². The molecule has 114 valence electrons. The number of anilines is 2. The Labute approximate surface area is 125 Å². The van der Waals surface area contributed by atoms with Gasteiger partial charge >= 0.3 is 0 Å². The van der Waals surface area contributed by atoms with Gasteiger partial charge in [-0.25, -0.2) is 4.98 Å². The van der Waals surface area contributed by atoms with E-state index < -0.39 is 0 Å². The molecule has 0 aliphatic rings. The van der Waals surface area contributed by atoms with Crippen LogP contribution in [0.2, 0.25) is 0 Å². The molecule has 1 heterocycles. The van der Waals surface area contributed by atoms with Crippen molar-refractivity contribution in [1.29, 1.82) is 0 Å². The van der Waals surface area contributed by atoms with Gasteiger partial charge in [0.25, 0.3) is 0 Å². The maximum Gasteiger partial charge on any atom is 0.136 e. The third kappa shape index (κ3) is 3.43. The van der Waals surface area contributed by atoms with Gasteiger partial charge in [-0.05, 0) is 12.5 Å². The number of fused-ring (bicyclic) bond motifs is 1. The highest BCUT2D eigenvalue weighted by Gasteiger charge is 2.12. The maximum absolute atomic E-state index is 9.13. The molecule has 0 spiro atoms. The summed E-state index contributed by atoms with van der Waals surface area (Å²) in [6.07, 6.45) is 1.86. The van der Waals surface area contributed by atoms with Crippen LogP contribution in [0, 0.1) is 6.92 Å². The van der Waals surface area contributed by atoms with Gasteiger partial charge in [0, 0.05) is 38.0 Å². The fraction of sp³-hybridized carbons (Fsp3) is 0.438. The van der Waals surface area contributed by atoms with E-state index in [0.717, 1.165) is 23.4 Å². The number of aryl methyl sites for hydroxylation is 1. The lowest BCUT2D eigenvalue weighted by atomic mass is 10.0. The molecule has 0 saturated heterocycles. The summed E-state index contributed by atoms with van der Waals surface area (Å²) >= 11 is 0. The first-order valence-corrected chi connectivity index (χ1v) is 7.12. The van der Waals surface area contributed by atoms with Crippen molar-refractivity contribution >= 4 is 22.3 Å². The summed E-state index contributed by atoms with van der Waals surface area (Å²) < 4.78 is 5.08. The molecular weight excluding hydrogens is 266 g/mol. The Morgan fingerprint density at radius 3 is 2.90 bits per heavy atom. The van der Waals surface area contributed by atoms with Gasteiger partial charge in [0.1, 0.15) is 5.82 Å². The smallest absolute Gasteiger partial charge is 0.136 e. The van der Waals surface area contributed by atoms with Crippen LogP contribution in [0.4, 0.5) is 11.5 Å². The quantitative estimate of drug-likeness (QED) is 0.764. The zero-order chi connectivity index (χ0) is 15.2. The number of aromatic nitrogens is 1. The summed E-state index contributed by atoms with van der Waals surface area (Å²) in [6, 6.07) is 6.20. The molecule has 0 amide bonds. The predicted molar refractivity (Wildman–Crippen MR) is 87.2 cm³/mol. The van der Waals surface area contributed by atoms with E-state index in [1.54, 1.807) is 7.11 Å². The summed E-state index contributed by atoms with van der Waals surface area (Å²) in [5.74, 6) is 0.889. The number of ether oxygens (including phenoxy) is 1.